The number of carbonyl (C=O) groups is 6. The number of carbonyl (C=O) groups excluding carboxylic acids is 6. The number of ketones is 2. The van der Waals surface area contributed by atoms with E-state index in [1.54, 1.807) is 6.92 Å². The van der Waals surface area contributed by atoms with Crippen LogP contribution in [0.3, 0.4) is 0 Å². The number of fused-ring (bicyclic) bond motifs is 2. The van der Waals surface area contributed by atoms with Gasteiger partial charge in [0.25, 0.3) is 0 Å². The van der Waals surface area contributed by atoms with Crippen LogP contribution in [0.25, 0.3) is 0 Å². The van der Waals surface area contributed by atoms with Crippen molar-refractivity contribution in [2.45, 2.75) is 92.0 Å². The molecule has 11 atom stereocenters. The van der Waals surface area contributed by atoms with Gasteiger partial charge in [-0.3, -0.25) is 28.8 Å². The molecule has 0 radical (unpaired) electrons. The van der Waals surface area contributed by atoms with Gasteiger partial charge in [0.1, 0.15) is 24.6 Å². The Morgan fingerprint density at radius 1 is 0.923 bits per heavy atom. The Kier molecular flexibility index (Phi) is 6.50. The van der Waals surface area contributed by atoms with E-state index >= 15 is 0 Å². The van der Waals surface area contributed by atoms with E-state index in [1.165, 1.54) is 13.8 Å². The lowest BCUT2D eigenvalue weighted by Crippen LogP contribution is -2.75. The molecule has 0 amide bonds. The molecule has 10 nitrogen and oxygen atoms in total. The Morgan fingerprint density at radius 3 is 2.18 bits per heavy atom. The van der Waals surface area contributed by atoms with Gasteiger partial charge in [0, 0.05) is 42.4 Å². The second-order valence-electron chi connectivity index (χ2n) is 13.1. The second kappa shape index (κ2) is 9.13. The van der Waals surface area contributed by atoms with Crippen LogP contribution in [0.4, 0.5) is 0 Å². The van der Waals surface area contributed by atoms with Gasteiger partial charge in [-0.25, -0.2) is 0 Å². The van der Waals surface area contributed by atoms with Gasteiger partial charge in [-0.15, -0.1) is 0 Å². The van der Waals surface area contributed by atoms with Gasteiger partial charge >= 0.3 is 23.9 Å². The van der Waals surface area contributed by atoms with E-state index in [1.807, 2.05) is 20.8 Å². The van der Waals surface area contributed by atoms with Crippen molar-refractivity contribution < 1.29 is 47.7 Å². The monoisotopic (exact) mass is 546 g/mol. The maximum atomic E-state index is 14.3. The summed E-state index contributed by atoms with van der Waals surface area (Å²) >= 11 is 0. The number of esters is 4. The van der Waals surface area contributed by atoms with Crippen LogP contribution in [0.1, 0.15) is 73.6 Å². The first-order valence-electron chi connectivity index (χ1n) is 13.9. The van der Waals surface area contributed by atoms with Crippen LogP contribution in [-0.2, 0) is 47.7 Å². The summed E-state index contributed by atoms with van der Waals surface area (Å²) in [6, 6.07) is 0. The largest absolute Gasteiger partial charge is 0.465 e. The van der Waals surface area contributed by atoms with Gasteiger partial charge in [0.15, 0.2) is 11.9 Å². The summed E-state index contributed by atoms with van der Waals surface area (Å²) in [6.07, 6.45) is -1.56. The van der Waals surface area contributed by atoms with Crippen LogP contribution in [0, 0.1) is 45.8 Å². The van der Waals surface area contributed by atoms with Crippen molar-refractivity contribution in [1.29, 1.82) is 0 Å². The van der Waals surface area contributed by atoms with E-state index in [0.29, 0.717) is 12.8 Å². The zero-order valence-corrected chi connectivity index (χ0v) is 23.4. The SMILES string of the molecule is CC(=O)O[C@H]1C[C@@H](C)[C@@H]2C[C@H]3OC(=O)C[C@H]4[C@]3(C)[C@H]([C@H](OC(C)=O)C[C@]4(C)C(=O)[C@@H]3COC(=O)C3)[C@@]2(C)C1=O. The van der Waals surface area contributed by atoms with Gasteiger partial charge in [0.2, 0.25) is 0 Å². The highest BCUT2D eigenvalue weighted by molar-refractivity contribution is 5.94. The van der Waals surface area contributed by atoms with Crippen molar-refractivity contribution in [1.82, 2.24) is 0 Å². The third-order valence-corrected chi connectivity index (χ3v) is 10.9. The third kappa shape index (κ3) is 3.95. The molecule has 0 bridgehead atoms. The van der Waals surface area contributed by atoms with E-state index in [-0.39, 0.29) is 49.3 Å². The van der Waals surface area contributed by atoms with E-state index in [9.17, 15) is 28.8 Å². The minimum atomic E-state index is -1.14. The smallest absolute Gasteiger partial charge is 0.306 e. The molecule has 39 heavy (non-hydrogen) atoms. The van der Waals surface area contributed by atoms with Gasteiger partial charge in [-0.2, -0.15) is 0 Å². The quantitative estimate of drug-likeness (QED) is 0.382. The minimum absolute atomic E-state index is 0.0217. The highest BCUT2D eigenvalue weighted by Crippen LogP contribution is 2.71. The van der Waals surface area contributed by atoms with Crippen molar-refractivity contribution in [3.63, 3.8) is 0 Å². The highest BCUT2D eigenvalue weighted by Gasteiger charge is 2.76. The summed E-state index contributed by atoms with van der Waals surface area (Å²) in [4.78, 5) is 77.7. The molecule has 0 unspecified atom stereocenters. The molecule has 2 saturated heterocycles. The molecule has 0 aromatic rings. The number of cyclic esters (lactones) is 1. The molecule has 0 aromatic carbocycles. The van der Waals surface area contributed by atoms with Gasteiger partial charge in [0.05, 0.1) is 12.3 Å². The molecule has 5 aliphatic rings. The lowest BCUT2D eigenvalue weighted by Gasteiger charge is -2.70. The van der Waals surface area contributed by atoms with E-state index in [4.69, 9.17) is 18.9 Å². The van der Waals surface area contributed by atoms with Crippen molar-refractivity contribution in [2.24, 2.45) is 45.8 Å². The summed E-state index contributed by atoms with van der Waals surface area (Å²) < 4.78 is 22.6. The van der Waals surface area contributed by atoms with Crippen LogP contribution in [0.15, 0.2) is 0 Å². The normalized spacial score (nSPS) is 46.8. The Hall–Kier alpha value is -2.78. The first kappa shape index (κ1) is 27.8. The predicted octanol–water partition coefficient (Wildman–Crippen LogP) is 2.58. The number of hydrogen-bond donors (Lipinski definition) is 0. The second-order valence-corrected chi connectivity index (χ2v) is 13.1. The fourth-order valence-corrected chi connectivity index (χ4v) is 9.55. The first-order chi connectivity index (χ1) is 18.1. The summed E-state index contributed by atoms with van der Waals surface area (Å²) in [7, 11) is 0. The Labute approximate surface area is 227 Å². The topological polar surface area (TPSA) is 139 Å². The molecule has 5 rings (SSSR count). The Balaban J connectivity index is 1.67. The summed E-state index contributed by atoms with van der Waals surface area (Å²) in [5.41, 5.74) is -3.11. The molecule has 2 aliphatic heterocycles. The van der Waals surface area contributed by atoms with Crippen molar-refractivity contribution >= 4 is 35.4 Å². The lowest BCUT2D eigenvalue weighted by molar-refractivity contribution is -0.277. The number of Topliss-reactive ketones (excluding diaryl/α,β-unsaturated/α-hetero) is 2. The summed E-state index contributed by atoms with van der Waals surface area (Å²) in [5.74, 6) is -4.38. The molecular formula is C29H38O10. The predicted molar refractivity (Wildman–Crippen MR) is 132 cm³/mol. The van der Waals surface area contributed by atoms with E-state index < -0.39 is 76.2 Å². The van der Waals surface area contributed by atoms with Crippen molar-refractivity contribution in [3.05, 3.63) is 0 Å². The molecule has 0 aromatic heterocycles. The Morgan fingerprint density at radius 2 is 1.59 bits per heavy atom. The molecule has 3 aliphatic carbocycles. The Bertz CT molecular complexity index is 1140. The molecule has 214 valence electrons. The van der Waals surface area contributed by atoms with Crippen LogP contribution >= 0.6 is 0 Å². The van der Waals surface area contributed by atoms with Crippen LogP contribution in [-0.4, -0.2) is 60.4 Å². The third-order valence-electron chi connectivity index (χ3n) is 10.9. The van der Waals surface area contributed by atoms with Gasteiger partial charge < -0.3 is 18.9 Å². The lowest BCUT2D eigenvalue weighted by atomic mass is 9.35. The average Bonchev–Trinajstić information content (AvgIpc) is 3.26. The van der Waals surface area contributed by atoms with Crippen LogP contribution < -0.4 is 0 Å². The molecule has 0 N–H and O–H groups in total. The van der Waals surface area contributed by atoms with Gasteiger partial charge in [-0.1, -0.05) is 27.7 Å². The number of ether oxygens (including phenoxy) is 4. The number of hydrogen-bond acceptors (Lipinski definition) is 10. The van der Waals surface area contributed by atoms with Crippen molar-refractivity contribution in [3.8, 4) is 0 Å². The van der Waals surface area contributed by atoms with E-state index in [0.717, 1.165) is 0 Å². The molecule has 5 fully saturated rings. The molecule has 3 saturated carbocycles. The fourth-order valence-electron chi connectivity index (χ4n) is 9.55. The van der Waals surface area contributed by atoms with Crippen LogP contribution in [0.5, 0.6) is 0 Å². The average molecular weight is 547 g/mol. The first-order valence-corrected chi connectivity index (χ1v) is 13.9. The summed E-state index contributed by atoms with van der Waals surface area (Å²) in [5, 5.41) is 0. The molecule has 10 heteroatoms. The van der Waals surface area contributed by atoms with Crippen molar-refractivity contribution in [2.75, 3.05) is 6.61 Å². The zero-order valence-electron chi connectivity index (χ0n) is 23.4. The standard InChI is InChI=1S/C29H38O10/c1-13-7-18(37-14(2)30)26(35)28(5)17(13)9-21-29(6)20(10-23(33)39-21)27(4,11-19(24(28)29)38-15(3)31)25(34)16-8-22(32)36-12-16/h13,16-21,24H,7-12H2,1-6H3/t13-,16+,17+,18+,19-,20-,21-,24-,27+,28+,29+/m1/s1. The van der Waals surface area contributed by atoms with Gasteiger partial charge in [-0.05, 0) is 37.0 Å². The maximum absolute atomic E-state index is 14.3. The number of rotatable bonds is 4. The molecular weight excluding hydrogens is 508 g/mol. The summed E-state index contributed by atoms with van der Waals surface area (Å²) in [6.45, 7) is 10.2. The van der Waals surface area contributed by atoms with E-state index in [2.05, 4.69) is 0 Å². The molecule has 0 spiro atoms. The maximum Gasteiger partial charge on any atom is 0.306 e. The van der Waals surface area contributed by atoms with Crippen LogP contribution in [0.2, 0.25) is 0 Å². The molecule has 2 heterocycles. The fraction of sp³-hybridized carbons (Fsp3) is 0.793. The minimum Gasteiger partial charge on any atom is -0.465 e. The zero-order chi connectivity index (χ0) is 28.7. The highest BCUT2D eigenvalue weighted by atomic mass is 16.6.